The van der Waals surface area contributed by atoms with Crippen molar-refractivity contribution in [1.82, 2.24) is 5.32 Å². The van der Waals surface area contributed by atoms with Crippen molar-refractivity contribution in [2.24, 2.45) is 0 Å². The summed E-state index contributed by atoms with van der Waals surface area (Å²) in [7, 11) is -0.716. The van der Waals surface area contributed by atoms with E-state index < -0.39 is 8.25 Å². The van der Waals surface area contributed by atoms with Crippen molar-refractivity contribution in [2.45, 2.75) is 22.8 Å². The molecule has 0 rings (SSSR count). The first-order valence-corrected chi connectivity index (χ1v) is 9.20. The second-order valence-corrected chi connectivity index (χ2v) is 7.04. The maximum absolute atomic E-state index is 11.5. The summed E-state index contributed by atoms with van der Waals surface area (Å²) in [4.78, 5) is 11.5. The summed E-state index contributed by atoms with van der Waals surface area (Å²) in [6.45, 7) is 0.588. The molecular weight excluding hydrogens is 355 g/mol. The van der Waals surface area contributed by atoms with Crippen molar-refractivity contribution < 1.29 is 18.4 Å². The van der Waals surface area contributed by atoms with Crippen LogP contribution < -0.4 is 5.32 Å². The summed E-state index contributed by atoms with van der Waals surface area (Å²) in [5, 5.41) is 3.91. The zero-order valence-corrected chi connectivity index (χ0v) is 15.1. The predicted octanol–water partition coefficient (Wildman–Crippen LogP) is -0.324. The molecule has 4 unspecified atom stereocenters. The Labute approximate surface area is 114 Å². The van der Waals surface area contributed by atoms with E-state index in [1.807, 2.05) is 0 Å². The molecule has 8 heteroatoms. The Bertz CT molecular complexity index is 230. The van der Waals surface area contributed by atoms with Crippen LogP contribution in [0.4, 0.5) is 0 Å². The summed E-state index contributed by atoms with van der Waals surface area (Å²) in [6.07, 6.45) is 2.04. The second kappa shape index (κ2) is 10.7. The van der Waals surface area contributed by atoms with Gasteiger partial charge in [0, 0.05) is 0 Å². The van der Waals surface area contributed by atoms with E-state index in [1.54, 1.807) is 16.9 Å². The van der Waals surface area contributed by atoms with E-state index in [2.05, 4.69) is 9.84 Å². The monoisotopic (exact) mass is 374 g/mol. The standard InChI is InChI=1S/C8H18As2NO4P/c1-14-16(13)15-6-5-11-8(12)7(10)3-2-4-9/h7H,2-6,9-10H2,1H3/p+1. The van der Waals surface area contributed by atoms with Crippen LogP contribution in [0.1, 0.15) is 12.8 Å². The molecular formula is C8H19As2NO4P+. The van der Waals surface area contributed by atoms with Gasteiger partial charge in [-0.15, -0.1) is 0 Å². The molecule has 16 heavy (non-hydrogen) atoms. The third kappa shape index (κ3) is 8.72. The Morgan fingerprint density at radius 3 is 2.81 bits per heavy atom. The van der Waals surface area contributed by atoms with Gasteiger partial charge in [-0.2, -0.15) is 0 Å². The van der Waals surface area contributed by atoms with Gasteiger partial charge in [0.15, 0.2) is 0 Å². The summed E-state index contributed by atoms with van der Waals surface area (Å²) in [6, 6.07) is 0. The molecule has 0 aromatic carbocycles. The van der Waals surface area contributed by atoms with Gasteiger partial charge in [-0.25, -0.2) is 0 Å². The van der Waals surface area contributed by atoms with E-state index in [0.29, 0.717) is 6.54 Å². The van der Waals surface area contributed by atoms with Crippen molar-refractivity contribution in [3.8, 4) is 0 Å². The Morgan fingerprint density at radius 2 is 2.25 bits per heavy atom. The average molecular weight is 374 g/mol. The summed E-state index contributed by atoms with van der Waals surface area (Å²) >= 11 is 3.14. The molecule has 0 aliphatic carbocycles. The van der Waals surface area contributed by atoms with E-state index in [-0.39, 0.29) is 17.2 Å². The van der Waals surface area contributed by atoms with Crippen molar-refractivity contribution in [1.29, 1.82) is 0 Å². The van der Waals surface area contributed by atoms with Crippen molar-refractivity contribution in [3.05, 3.63) is 0 Å². The molecule has 1 amide bonds. The fourth-order valence-electron chi connectivity index (χ4n) is 0.947. The van der Waals surface area contributed by atoms with E-state index in [4.69, 9.17) is 4.52 Å². The van der Waals surface area contributed by atoms with Gasteiger partial charge in [0.05, 0.1) is 0 Å². The van der Waals surface area contributed by atoms with Crippen LogP contribution in [0, 0.1) is 0 Å². The van der Waals surface area contributed by atoms with Gasteiger partial charge in [0.1, 0.15) is 0 Å². The van der Waals surface area contributed by atoms with Gasteiger partial charge in [-0.1, -0.05) is 0 Å². The molecule has 0 heterocycles. The molecule has 0 fully saturated rings. The number of nitrogens with one attached hydrogen (secondary N) is 1. The number of amides is 1. The van der Waals surface area contributed by atoms with Gasteiger partial charge in [0.2, 0.25) is 0 Å². The Kier molecular flexibility index (Phi) is 11.1. The molecule has 1 N–H and O–H groups in total. The van der Waals surface area contributed by atoms with Crippen LogP contribution in [0.2, 0.25) is 9.91 Å². The fraction of sp³-hybridized carbons (Fsp3) is 0.875. The van der Waals surface area contributed by atoms with E-state index >= 15 is 0 Å². The van der Waals surface area contributed by atoms with Crippen LogP contribution in [-0.4, -0.2) is 59.9 Å². The molecule has 0 saturated carbocycles. The first-order valence-electron chi connectivity index (χ1n) is 4.99. The minimum absolute atomic E-state index is 0.0530. The first kappa shape index (κ1) is 16.6. The number of carbonyl (C=O) groups is 1. The Hall–Kier alpha value is 0.607. The Balaban J connectivity index is 3.53. The van der Waals surface area contributed by atoms with Crippen LogP contribution >= 0.6 is 8.25 Å². The van der Waals surface area contributed by atoms with Gasteiger partial charge >= 0.3 is 115 Å². The average Bonchev–Trinajstić information content (AvgIpc) is 2.30. The molecule has 0 bridgehead atoms. The van der Waals surface area contributed by atoms with E-state index in [1.165, 1.54) is 24.0 Å². The maximum atomic E-state index is 11.5. The number of hydrogen-bond donors (Lipinski definition) is 1. The second-order valence-electron chi connectivity index (χ2n) is 3.07. The third-order valence-corrected chi connectivity index (χ3v) is 4.69. The Morgan fingerprint density at radius 1 is 1.56 bits per heavy atom. The molecule has 0 saturated heterocycles. The normalized spacial score (nSPS) is 13.3. The molecule has 94 valence electrons. The summed E-state index contributed by atoms with van der Waals surface area (Å²) < 4.78 is 20.0. The fourth-order valence-corrected chi connectivity index (χ4v) is 2.53. The molecule has 0 aromatic rings. The summed E-state index contributed by atoms with van der Waals surface area (Å²) in [5.41, 5.74) is 0. The van der Waals surface area contributed by atoms with Crippen LogP contribution in [0.25, 0.3) is 0 Å². The van der Waals surface area contributed by atoms with Crippen LogP contribution in [0.15, 0.2) is 0 Å². The van der Waals surface area contributed by atoms with Gasteiger partial charge in [0.25, 0.3) is 0 Å². The first-order chi connectivity index (χ1) is 7.61. The van der Waals surface area contributed by atoms with Crippen molar-refractivity contribution in [2.75, 3.05) is 20.3 Å². The van der Waals surface area contributed by atoms with Crippen LogP contribution in [0.5, 0.6) is 0 Å². The molecule has 0 aromatic heterocycles. The quantitative estimate of drug-likeness (QED) is 0.341. The van der Waals surface area contributed by atoms with E-state index in [0.717, 1.165) is 18.1 Å². The number of carbonyl (C=O) groups excluding carboxylic acids is 1. The topological polar surface area (TPSA) is 64.6 Å². The SMILES string of the molecule is CO[P+](=O)OCCNC(=O)C([AsH2])CCC[AsH2]. The molecule has 0 spiro atoms. The molecule has 5 nitrogen and oxygen atoms in total. The number of hydrogen-bond acceptors (Lipinski definition) is 4. The van der Waals surface area contributed by atoms with Crippen LogP contribution in [-0.2, 0) is 18.4 Å². The van der Waals surface area contributed by atoms with E-state index in [9.17, 15) is 9.36 Å². The third-order valence-electron chi connectivity index (χ3n) is 1.80. The molecule has 0 radical (unpaired) electrons. The van der Waals surface area contributed by atoms with Crippen LogP contribution in [0.3, 0.4) is 0 Å². The van der Waals surface area contributed by atoms with Crippen molar-refractivity contribution in [3.63, 3.8) is 0 Å². The predicted molar refractivity (Wildman–Crippen MR) is 68.5 cm³/mol. The zero-order chi connectivity index (χ0) is 12.4. The van der Waals surface area contributed by atoms with Crippen molar-refractivity contribution >= 4 is 47.9 Å². The molecule has 0 aliphatic heterocycles. The number of rotatable bonds is 9. The summed E-state index contributed by atoms with van der Waals surface area (Å²) in [5.74, 6) is 0.0530. The van der Waals surface area contributed by atoms with Gasteiger partial charge in [-0.3, -0.25) is 0 Å². The molecule has 4 atom stereocenters. The zero-order valence-electron chi connectivity index (χ0n) is 9.35. The van der Waals surface area contributed by atoms with Gasteiger partial charge < -0.3 is 0 Å². The minimum atomic E-state index is -2.03. The van der Waals surface area contributed by atoms with Gasteiger partial charge in [-0.05, 0) is 0 Å². The molecule has 0 aliphatic rings.